The summed E-state index contributed by atoms with van der Waals surface area (Å²) < 4.78 is 1.89. The second-order valence-corrected chi connectivity index (χ2v) is 8.42. The maximum absolute atomic E-state index is 12.6. The molecule has 1 fully saturated rings. The first-order chi connectivity index (χ1) is 13.9. The lowest BCUT2D eigenvalue weighted by atomic mass is 9.96. The molecule has 0 radical (unpaired) electrons. The van der Waals surface area contributed by atoms with Crippen molar-refractivity contribution in [2.24, 2.45) is 5.92 Å². The third kappa shape index (κ3) is 5.32. The van der Waals surface area contributed by atoms with E-state index >= 15 is 0 Å². The van der Waals surface area contributed by atoms with Crippen LogP contribution in [0.1, 0.15) is 30.1 Å². The third-order valence-electron chi connectivity index (χ3n) is 5.68. The van der Waals surface area contributed by atoms with Crippen LogP contribution >= 0.6 is 12.2 Å². The number of piperidine rings is 1. The monoisotopic (exact) mass is 417 g/mol. The van der Waals surface area contributed by atoms with Crippen LogP contribution in [0, 0.1) is 10.7 Å². The number of rotatable bonds is 7. The van der Waals surface area contributed by atoms with Crippen LogP contribution in [0.4, 0.5) is 0 Å². The van der Waals surface area contributed by atoms with E-state index in [9.17, 15) is 9.59 Å². The number of aromatic amines is 1. The molecule has 1 aromatic heterocycles. The summed E-state index contributed by atoms with van der Waals surface area (Å²) >= 11 is 5.25. The Hall–Kier alpha value is -2.03. The highest BCUT2D eigenvalue weighted by molar-refractivity contribution is 7.71. The predicted octanol–water partition coefficient (Wildman–Crippen LogP) is 2.08. The summed E-state index contributed by atoms with van der Waals surface area (Å²) in [6, 6.07) is 5.12. The number of amides is 1. The fourth-order valence-corrected chi connectivity index (χ4v) is 4.10. The predicted molar refractivity (Wildman–Crippen MR) is 119 cm³/mol. The van der Waals surface area contributed by atoms with Gasteiger partial charge in [0.15, 0.2) is 4.77 Å². The molecular formula is C21H31N5O2S. The van der Waals surface area contributed by atoms with Crippen molar-refractivity contribution >= 4 is 29.0 Å². The van der Waals surface area contributed by atoms with Gasteiger partial charge in [-0.3, -0.25) is 14.2 Å². The van der Waals surface area contributed by atoms with Crippen LogP contribution in [0.5, 0.6) is 0 Å². The summed E-state index contributed by atoms with van der Waals surface area (Å²) in [7, 11) is 4.20. The quantitative estimate of drug-likeness (QED) is 0.675. The molecule has 8 heteroatoms. The molecule has 2 N–H and O–H groups in total. The van der Waals surface area contributed by atoms with Crippen LogP contribution in [0.25, 0.3) is 10.9 Å². The minimum Gasteiger partial charge on any atom is -0.352 e. The first kappa shape index (κ1) is 21.7. The van der Waals surface area contributed by atoms with Gasteiger partial charge in [-0.1, -0.05) is 0 Å². The van der Waals surface area contributed by atoms with E-state index in [0.717, 1.165) is 39.0 Å². The summed E-state index contributed by atoms with van der Waals surface area (Å²) in [6.45, 7) is 7.44. The summed E-state index contributed by atoms with van der Waals surface area (Å²) in [4.78, 5) is 32.9. The average Bonchev–Trinajstić information content (AvgIpc) is 2.71. The summed E-state index contributed by atoms with van der Waals surface area (Å²) in [5.74, 6) is 0.401. The van der Waals surface area contributed by atoms with E-state index in [4.69, 9.17) is 12.2 Å². The number of nitrogens with zero attached hydrogens (tertiary/aromatic N) is 3. The second-order valence-electron chi connectivity index (χ2n) is 8.04. The van der Waals surface area contributed by atoms with E-state index in [1.165, 1.54) is 4.57 Å². The van der Waals surface area contributed by atoms with Crippen LogP contribution in [0.3, 0.4) is 0 Å². The molecule has 7 nitrogen and oxygen atoms in total. The van der Waals surface area contributed by atoms with Crippen molar-refractivity contribution in [3.05, 3.63) is 38.9 Å². The van der Waals surface area contributed by atoms with Crippen molar-refractivity contribution in [2.45, 2.75) is 26.3 Å². The molecule has 0 spiro atoms. The third-order valence-corrected chi connectivity index (χ3v) is 6.00. The molecule has 0 unspecified atom stereocenters. The van der Waals surface area contributed by atoms with Gasteiger partial charge >= 0.3 is 0 Å². The van der Waals surface area contributed by atoms with E-state index in [1.807, 2.05) is 6.92 Å². The number of carbonyl (C=O) groups is 1. The molecule has 0 saturated carbocycles. The lowest BCUT2D eigenvalue weighted by Gasteiger charge is -2.32. The number of likely N-dealkylation sites (N-methyl/N-ethyl adjacent to an activating group) is 1. The van der Waals surface area contributed by atoms with Crippen molar-refractivity contribution < 1.29 is 4.79 Å². The summed E-state index contributed by atoms with van der Waals surface area (Å²) in [5.41, 5.74) is 1.02. The Balaban J connectivity index is 1.58. The fraction of sp³-hybridized carbons (Fsp3) is 0.571. The van der Waals surface area contributed by atoms with Crippen molar-refractivity contribution in [3.63, 3.8) is 0 Å². The van der Waals surface area contributed by atoms with Gasteiger partial charge in [0.2, 0.25) is 0 Å². The number of benzene rings is 1. The maximum atomic E-state index is 12.6. The zero-order valence-electron chi connectivity index (χ0n) is 17.5. The average molecular weight is 418 g/mol. The molecule has 1 saturated heterocycles. The van der Waals surface area contributed by atoms with Crippen molar-refractivity contribution in [2.75, 3.05) is 46.8 Å². The number of carbonyl (C=O) groups excluding carboxylic acids is 1. The lowest BCUT2D eigenvalue weighted by Crippen LogP contribution is -2.41. The maximum Gasteiger partial charge on any atom is 0.262 e. The molecule has 1 aliphatic rings. The van der Waals surface area contributed by atoms with Crippen molar-refractivity contribution in [3.8, 4) is 0 Å². The van der Waals surface area contributed by atoms with E-state index in [2.05, 4.69) is 34.2 Å². The normalized spacial score (nSPS) is 15.9. The van der Waals surface area contributed by atoms with E-state index in [-0.39, 0.29) is 11.5 Å². The molecule has 0 bridgehead atoms. The largest absolute Gasteiger partial charge is 0.352 e. The van der Waals surface area contributed by atoms with Gasteiger partial charge in [0, 0.05) is 31.7 Å². The zero-order chi connectivity index (χ0) is 21.0. The Morgan fingerprint density at radius 2 is 2.03 bits per heavy atom. The smallest absolute Gasteiger partial charge is 0.262 e. The van der Waals surface area contributed by atoms with Crippen LogP contribution in [0.15, 0.2) is 23.0 Å². The lowest BCUT2D eigenvalue weighted by molar-refractivity contribution is 0.0935. The number of fused-ring (bicyclic) bond motifs is 1. The Labute approximate surface area is 176 Å². The highest BCUT2D eigenvalue weighted by Gasteiger charge is 2.20. The molecule has 2 heterocycles. The minimum absolute atomic E-state index is 0.110. The Morgan fingerprint density at radius 3 is 2.69 bits per heavy atom. The molecule has 0 atom stereocenters. The van der Waals surface area contributed by atoms with Crippen molar-refractivity contribution in [1.82, 2.24) is 24.7 Å². The fourth-order valence-electron chi connectivity index (χ4n) is 3.78. The van der Waals surface area contributed by atoms with E-state index in [1.54, 1.807) is 18.2 Å². The Kier molecular flexibility index (Phi) is 7.21. The van der Waals surface area contributed by atoms with Crippen LogP contribution in [-0.4, -0.2) is 72.1 Å². The molecule has 29 heavy (non-hydrogen) atoms. The van der Waals surface area contributed by atoms with Gasteiger partial charge in [0.1, 0.15) is 0 Å². The molecule has 0 aliphatic carbocycles. The van der Waals surface area contributed by atoms with Gasteiger partial charge < -0.3 is 20.1 Å². The number of nitrogens with one attached hydrogen (secondary N) is 2. The molecule has 3 rings (SSSR count). The van der Waals surface area contributed by atoms with Crippen LogP contribution in [-0.2, 0) is 6.54 Å². The summed E-state index contributed by atoms with van der Waals surface area (Å²) in [5, 5.41) is 3.60. The number of aromatic nitrogens is 2. The van der Waals surface area contributed by atoms with Crippen LogP contribution in [0.2, 0.25) is 0 Å². The molecule has 1 amide bonds. The molecule has 2 aromatic rings. The summed E-state index contributed by atoms with van der Waals surface area (Å²) in [6.07, 6.45) is 2.21. The van der Waals surface area contributed by atoms with E-state index < -0.39 is 0 Å². The highest BCUT2D eigenvalue weighted by Crippen LogP contribution is 2.17. The molecular weight excluding hydrogens is 386 g/mol. The minimum atomic E-state index is -0.126. The van der Waals surface area contributed by atoms with Gasteiger partial charge in [-0.15, -0.1) is 0 Å². The van der Waals surface area contributed by atoms with Crippen LogP contribution < -0.4 is 10.9 Å². The van der Waals surface area contributed by atoms with Gasteiger partial charge in [0.05, 0.1) is 10.9 Å². The molecule has 1 aliphatic heterocycles. The SMILES string of the molecule is CCn1c(=S)[nH]c2cc(C(=O)NCC3CCN(CCN(C)C)CC3)ccc2c1=O. The van der Waals surface area contributed by atoms with E-state index in [0.29, 0.717) is 40.2 Å². The molecule has 158 valence electrons. The number of H-pyrrole nitrogens is 1. The Bertz CT molecular complexity index is 973. The van der Waals surface area contributed by atoms with Gasteiger partial charge in [-0.25, -0.2) is 0 Å². The number of hydrogen-bond donors (Lipinski definition) is 2. The van der Waals surface area contributed by atoms with Crippen molar-refractivity contribution in [1.29, 1.82) is 0 Å². The standard InChI is InChI=1S/C21H31N5O2S/c1-4-26-20(28)17-6-5-16(13-18(17)23-21(26)29)19(27)22-14-15-7-9-25(10-8-15)12-11-24(2)3/h5-6,13,15H,4,7-12,14H2,1-3H3,(H,22,27)(H,23,29). The Morgan fingerprint density at radius 1 is 1.31 bits per heavy atom. The number of likely N-dealkylation sites (tertiary alicyclic amines) is 1. The zero-order valence-corrected chi connectivity index (χ0v) is 18.3. The molecule has 1 aromatic carbocycles. The second kappa shape index (κ2) is 9.65. The first-order valence-electron chi connectivity index (χ1n) is 10.3. The van der Waals surface area contributed by atoms with Gasteiger partial charge in [-0.2, -0.15) is 0 Å². The first-order valence-corrected chi connectivity index (χ1v) is 10.7. The highest BCUT2D eigenvalue weighted by atomic mass is 32.1. The number of hydrogen-bond acceptors (Lipinski definition) is 5. The topological polar surface area (TPSA) is 73.4 Å². The van der Waals surface area contributed by atoms with Gasteiger partial charge in [-0.05, 0) is 83.3 Å². The van der Waals surface area contributed by atoms with Gasteiger partial charge in [0.25, 0.3) is 11.5 Å².